The van der Waals surface area contributed by atoms with Gasteiger partial charge in [-0.1, -0.05) is 11.6 Å². The normalized spacial score (nSPS) is 18.2. The van der Waals surface area contributed by atoms with Crippen LogP contribution >= 0.6 is 0 Å². The van der Waals surface area contributed by atoms with Crippen LogP contribution in [0.2, 0.25) is 0 Å². The predicted molar refractivity (Wildman–Crippen MR) is 81.1 cm³/mol. The van der Waals surface area contributed by atoms with Gasteiger partial charge >= 0.3 is 0 Å². The highest BCUT2D eigenvalue weighted by Gasteiger charge is 2.16. The third kappa shape index (κ3) is 3.42. The molecular formula is C16H21N3O2. The van der Waals surface area contributed by atoms with Crippen LogP contribution in [0.15, 0.2) is 24.4 Å². The van der Waals surface area contributed by atoms with E-state index in [1.807, 2.05) is 10.9 Å². The average molecular weight is 287 g/mol. The van der Waals surface area contributed by atoms with E-state index in [1.54, 1.807) is 0 Å². The van der Waals surface area contributed by atoms with Crippen LogP contribution < -0.4 is 5.32 Å². The first kappa shape index (κ1) is 14.1. The average Bonchev–Trinajstić information content (AvgIpc) is 3.12. The Balaban J connectivity index is 1.52. The molecule has 3 rings (SSSR count). The Morgan fingerprint density at radius 3 is 3.24 bits per heavy atom. The van der Waals surface area contributed by atoms with Gasteiger partial charge in [0.2, 0.25) is 5.91 Å². The molecule has 1 atom stereocenters. The molecule has 0 saturated carbocycles. The molecule has 0 unspecified atom stereocenters. The second-order valence-corrected chi connectivity index (χ2v) is 5.62. The molecule has 1 saturated heterocycles. The molecular weight excluding hydrogens is 266 g/mol. The molecule has 1 amide bonds. The summed E-state index contributed by atoms with van der Waals surface area (Å²) in [5.41, 5.74) is 2.30. The third-order valence-electron chi connectivity index (χ3n) is 3.90. The lowest BCUT2D eigenvalue weighted by molar-refractivity contribution is -0.121. The van der Waals surface area contributed by atoms with Crippen LogP contribution in [0.25, 0.3) is 10.9 Å². The molecule has 2 aromatic rings. The van der Waals surface area contributed by atoms with Gasteiger partial charge in [-0.15, -0.1) is 0 Å². The molecule has 0 bridgehead atoms. The van der Waals surface area contributed by atoms with Crippen molar-refractivity contribution in [1.82, 2.24) is 15.1 Å². The summed E-state index contributed by atoms with van der Waals surface area (Å²) in [5, 5.41) is 8.42. The van der Waals surface area contributed by atoms with Crippen LogP contribution in [0.5, 0.6) is 0 Å². The lowest BCUT2D eigenvalue weighted by atomic mass is 10.2. The van der Waals surface area contributed by atoms with Gasteiger partial charge in [-0.2, -0.15) is 5.10 Å². The predicted octanol–water partition coefficient (Wildman–Crippen LogP) is 2.03. The summed E-state index contributed by atoms with van der Waals surface area (Å²) in [4.78, 5) is 11.9. The Labute approximate surface area is 124 Å². The Morgan fingerprint density at radius 2 is 2.43 bits per heavy atom. The molecule has 1 aliphatic rings. The Hall–Kier alpha value is -1.88. The van der Waals surface area contributed by atoms with Gasteiger partial charge in [0.05, 0.1) is 24.4 Å². The summed E-state index contributed by atoms with van der Waals surface area (Å²) < 4.78 is 7.38. The second-order valence-electron chi connectivity index (χ2n) is 5.62. The SMILES string of the molecule is Cc1ccc2c(cnn2CCC(=O)NC[C@@H]2CCCO2)c1. The van der Waals surface area contributed by atoms with Gasteiger partial charge in [0.15, 0.2) is 0 Å². The van der Waals surface area contributed by atoms with Gasteiger partial charge in [0.25, 0.3) is 0 Å². The fraction of sp³-hybridized carbons (Fsp3) is 0.500. The van der Waals surface area contributed by atoms with Gasteiger partial charge < -0.3 is 10.1 Å². The topological polar surface area (TPSA) is 56.2 Å². The van der Waals surface area contributed by atoms with Crippen molar-refractivity contribution >= 4 is 16.8 Å². The highest BCUT2D eigenvalue weighted by molar-refractivity contribution is 5.80. The van der Waals surface area contributed by atoms with E-state index < -0.39 is 0 Å². The molecule has 1 fully saturated rings. The number of amides is 1. The van der Waals surface area contributed by atoms with Crippen LogP contribution in [0.3, 0.4) is 0 Å². The zero-order valence-corrected chi connectivity index (χ0v) is 12.3. The lowest BCUT2D eigenvalue weighted by Crippen LogP contribution is -2.32. The standard InChI is InChI=1S/C16H21N3O2/c1-12-4-5-15-13(9-12)10-18-19(15)7-6-16(20)17-11-14-3-2-8-21-14/h4-5,9-10,14H,2-3,6-8,11H2,1H3,(H,17,20)/t14-/m0/s1. The van der Waals surface area contributed by atoms with Crippen LogP contribution in [0, 0.1) is 6.92 Å². The molecule has 1 aromatic carbocycles. The number of aromatic nitrogens is 2. The van der Waals surface area contributed by atoms with Crippen molar-refractivity contribution in [2.75, 3.05) is 13.2 Å². The molecule has 5 heteroatoms. The van der Waals surface area contributed by atoms with Crippen molar-refractivity contribution in [3.8, 4) is 0 Å². The fourth-order valence-electron chi connectivity index (χ4n) is 2.71. The zero-order valence-electron chi connectivity index (χ0n) is 12.3. The van der Waals surface area contributed by atoms with E-state index in [9.17, 15) is 4.79 Å². The minimum absolute atomic E-state index is 0.0567. The number of hydrogen-bond donors (Lipinski definition) is 1. The number of aryl methyl sites for hydroxylation is 2. The summed E-state index contributed by atoms with van der Waals surface area (Å²) in [6, 6.07) is 6.23. The van der Waals surface area contributed by atoms with Crippen LogP contribution in [0.1, 0.15) is 24.8 Å². The minimum atomic E-state index is 0.0567. The second kappa shape index (κ2) is 6.26. The first-order valence-corrected chi connectivity index (χ1v) is 7.53. The maximum Gasteiger partial charge on any atom is 0.221 e. The molecule has 112 valence electrons. The smallest absolute Gasteiger partial charge is 0.221 e. The van der Waals surface area contributed by atoms with Crippen molar-refractivity contribution in [3.63, 3.8) is 0 Å². The van der Waals surface area contributed by atoms with Crippen molar-refractivity contribution in [1.29, 1.82) is 0 Å². The molecule has 5 nitrogen and oxygen atoms in total. The number of carbonyl (C=O) groups excluding carboxylic acids is 1. The van der Waals surface area contributed by atoms with Gasteiger partial charge in [-0.3, -0.25) is 9.48 Å². The number of benzene rings is 1. The molecule has 0 spiro atoms. The van der Waals surface area contributed by atoms with E-state index in [0.717, 1.165) is 30.4 Å². The largest absolute Gasteiger partial charge is 0.376 e. The number of nitrogens with zero attached hydrogens (tertiary/aromatic N) is 2. The van der Waals surface area contributed by atoms with E-state index >= 15 is 0 Å². The van der Waals surface area contributed by atoms with E-state index in [-0.39, 0.29) is 12.0 Å². The zero-order chi connectivity index (χ0) is 14.7. The third-order valence-corrected chi connectivity index (χ3v) is 3.90. The minimum Gasteiger partial charge on any atom is -0.376 e. The van der Waals surface area contributed by atoms with Crippen molar-refractivity contribution in [3.05, 3.63) is 30.0 Å². The number of hydrogen-bond acceptors (Lipinski definition) is 3. The van der Waals surface area contributed by atoms with E-state index in [2.05, 4.69) is 35.5 Å². The number of fused-ring (bicyclic) bond motifs is 1. The summed E-state index contributed by atoms with van der Waals surface area (Å²) in [6.45, 7) is 4.11. The monoisotopic (exact) mass is 287 g/mol. The maximum atomic E-state index is 11.9. The quantitative estimate of drug-likeness (QED) is 0.915. The van der Waals surface area contributed by atoms with Crippen LogP contribution in [0.4, 0.5) is 0 Å². The van der Waals surface area contributed by atoms with Crippen molar-refractivity contribution in [2.45, 2.75) is 38.8 Å². The number of nitrogens with one attached hydrogen (secondary N) is 1. The Bertz CT molecular complexity index is 629. The molecule has 0 aliphatic carbocycles. The summed E-state index contributed by atoms with van der Waals surface area (Å²) in [5.74, 6) is 0.0567. The van der Waals surface area contributed by atoms with Gasteiger partial charge in [-0.25, -0.2) is 0 Å². The number of carbonyl (C=O) groups is 1. The molecule has 0 radical (unpaired) electrons. The number of rotatable bonds is 5. The molecule has 21 heavy (non-hydrogen) atoms. The molecule has 1 N–H and O–H groups in total. The van der Waals surface area contributed by atoms with Crippen LogP contribution in [-0.2, 0) is 16.1 Å². The molecule has 1 aromatic heterocycles. The van der Waals surface area contributed by atoms with E-state index in [4.69, 9.17) is 4.74 Å². The van der Waals surface area contributed by atoms with Gasteiger partial charge in [-0.05, 0) is 31.9 Å². The van der Waals surface area contributed by atoms with E-state index in [0.29, 0.717) is 19.5 Å². The Morgan fingerprint density at radius 1 is 1.52 bits per heavy atom. The molecule has 2 heterocycles. The van der Waals surface area contributed by atoms with Crippen LogP contribution in [-0.4, -0.2) is 34.9 Å². The first-order chi connectivity index (χ1) is 10.2. The molecule has 1 aliphatic heterocycles. The van der Waals surface area contributed by atoms with Crippen molar-refractivity contribution < 1.29 is 9.53 Å². The first-order valence-electron chi connectivity index (χ1n) is 7.53. The maximum absolute atomic E-state index is 11.9. The van der Waals surface area contributed by atoms with Crippen molar-refractivity contribution in [2.24, 2.45) is 0 Å². The Kier molecular flexibility index (Phi) is 4.20. The van der Waals surface area contributed by atoms with E-state index in [1.165, 1.54) is 5.56 Å². The summed E-state index contributed by atoms with van der Waals surface area (Å²) in [7, 11) is 0. The summed E-state index contributed by atoms with van der Waals surface area (Å²) in [6.07, 6.45) is 4.63. The van der Waals surface area contributed by atoms with Gasteiger partial charge in [0.1, 0.15) is 0 Å². The fourth-order valence-corrected chi connectivity index (χ4v) is 2.71. The highest BCUT2D eigenvalue weighted by Crippen LogP contribution is 2.15. The lowest BCUT2D eigenvalue weighted by Gasteiger charge is -2.11. The summed E-state index contributed by atoms with van der Waals surface area (Å²) >= 11 is 0. The van der Waals surface area contributed by atoms with Gasteiger partial charge in [0, 0.05) is 25.0 Å². The highest BCUT2D eigenvalue weighted by atomic mass is 16.5. The number of ether oxygens (including phenoxy) is 1.